The highest BCUT2D eigenvalue weighted by molar-refractivity contribution is 7.00. The van der Waals surface area contributed by atoms with Gasteiger partial charge in [0.1, 0.15) is 36.3 Å². The van der Waals surface area contributed by atoms with Crippen molar-refractivity contribution in [1.29, 1.82) is 0 Å². The largest absolute Gasteiger partial charge is 0.417 e. The van der Waals surface area contributed by atoms with Crippen molar-refractivity contribution in [3.63, 3.8) is 0 Å². The van der Waals surface area contributed by atoms with Crippen molar-refractivity contribution in [2.24, 2.45) is 23.7 Å². The first-order valence-corrected chi connectivity index (χ1v) is 42.0. The van der Waals surface area contributed by atoms with Gasteiger partial charge in [0.25, 0.3) is 16.6 Å². The van der Waals surface area contributed by atoms with E-state index in [1.54, 1.807) is 6.08 Å². The maximum atomic E-state index is 15.4. The van der Waals surface area contributed by atoms with Crippen LogP contribution >= 0.6 is 0 Å². The number of Topliss-reactive ketones (excluding diaryl/α,β-unsaturated/α-hetero) is 1. The lowest BCUT2D eigenvalue weighted by Gasteiger charge is -2.53. The summed E-state index contributed by atoms with van der Waals surface area (Å²) in [4.78, 5) is 30.4. The fourth-order valence-electron chi connectivity index (χ4n) is 16.6. The molecule has 18 atom stereocenters. The van der Waals surface area contributed by atoms with Gasteiger partial charge in [-0.2, -0.15) is 0 Å². The van der Waals surface area contributed by atoms with Crippen molar-refractivity contribution < 1.29 is 51.3 Å². The molecule has 11 nitrogen and oxygen atoms in total. The minimum Gasteiger partial charge on any atom is -0.417 e. The zero-order valence-electron chi connectivity index (χ0n) is 58.5. The van der Waals surface area contributed by atoms with Crippen LogP contribution in [-0.4, -0.2) is 129 Å². The summed E-state index contributed by atoms with van der Waals surface area (Å²) >= 11 is 0. The number of carbonyl (C=O) groups excluding carboxylic acids is 2. The van der Waals surface area contributed by atoms with Crippen LogP contribution in [0.5, 0.6) is 0 Å². The second kappa shape index (κ2) is 28.3. The minimum absolute atomic E-state index is 0.00923. The number of carbonyl (C=O) groups is 2. The van der Waals surface area contributed by atoms with Crippen LogP contribution in [0.2, 0.25) is 28.2 Å². The van der Waals surface area contributed by atoms with Gasteiger partial charge in [-0.3, -0.25) is 9.59 Å². The number of fused-ring (bicyclic) bond motifs is 7. The lowest BCUT2D eigenvalue weighted by molar-refractivity contribution is -0.254. The molecule has 11 rings (SSSR count). The van der Waals surface area contributed by atoms with Crippen molar-refractivity contribution in [3.05, 3.63) is 158 Å². The average Bonchev–Trinajstić information content (AvgIpc) is 1.29. The molecular weight excluding hydrogens is 1210 g/mol. The van der Waals surface area contributed by atoms with E-state index in [1.165, 1.54) is 0 Å². The van der Waals surface area contributed by atoms with Crippen LogP contribution in [0.1, 0.15) is 154 Å². The second-order valence-corrected chi connectivity index (χ2v) is 45.8. The Morgan fingerprint density at radius 3 is 1.61 bits per heavy atom. The monoisotopic (exact) mass is 1320 g/mol. The average molecular weight is 1320 g/mol. The molecule has 7 heterocycles. The molecule has 6 saturated heterocycles. The molecule has 4 unspecified atom stereocenters. The number of benzene rings is 4. The van der Waals surface area contributed by atoms with Crippen molar-refractivity contribution in [3.8, 4) is 0 Å². The Bertz CT molecular complexity index is 3150. The van der Waals surface area contributed by atoms with Crippen LogP contribution in [-0.2, 0) is 51.3 Å². The Morgan fingerprint density at radius 1 is 0.538 bits per heavy atom. The summed E-state index contributed by atoms with van der Waals surface area (Å²) in [6.45, 7) is 42.0. The summed E-state index contributed by atoms with van der Waals surface area (Å²) in [5.74, 6) is 0.647. The normalized spacial score (nSPS) is 33.5. The van der Waals surface area contributed by atoms with Crippen LogP contribution in [0.15, 0.2) is 158 Å². The highest BCUT2D eigenvalue weighted by atomic mass is 28.4. The van der Waals surface area contributed by atoms with Crippen molar-refractivity contribution in [2.75, 3.05) is 6.61 Å². The predicted molar refractivity (Wildman–Crippen MR) is 379 cm³/mol. The highest BCUT2D eigenvalue weighted by Crippen LogP contribution is 2.50. The number of rotatable bonds is 13. The van der Waals surface area contributed by atoms with Crippen molar-refractivity contribution >= 4 is 57.3 Å². The Morgan fingerprint density at radius 2 is 1.06 bits per heavy atom. The molecule has 4 aromatic rings. The molecule has 8 bridgehead atoms. The third-order valence-electron chi connectivity index (χ3n) is 22.8. The van der Waals surface area contributed by atoms with E-state index >= 15 is 9.59 Å². The van der Waals surface area contributed by atoms with Crippen LogP contribution in [0, 0.1) is 23.7 Å². The lowest BCUT2D eigenvalue weighted by atomic mass is 9.78. The predicted octanol–water partition coefficient (Wildman–Crippen LogP) is 14.1. The SMILES string of the molecule is C=C1CC2/C=C/C(=O)C[C@H]3O[C@H]4[C@@H](O[Si](c5ccccc5)(c5ccccc5)C(C)(C)C)[C@H]5O[C@H](CC[C@@H]5O[C@H]4[C@H]3O[Si](c3ccccc3)(c3ccccc3)C(C)(C)C)CC(=O)CC3[C@H](CC4O[C@@H](CCC1O2)C[C@@H](C)C4=C)O[C@H](C[C@H](C)CO[Si](C)(C)C(C)(C)C)[C@@H]3C. The summed E-state index contributed by atoms with van der Waals surface area (Å²) in [5, 5.41) is 3.77. The molecule has 0 N–H and O–H groups in total. The van der Waals surface area contributed by atoms with Gasteiger partial charge < -0.3 is 41.7 Å². The van der Waals surface area contributed by atoms with E-state index in [0.29, 0.717) is 38.7 Å². The Labute approximate surface area is 560 Å². The standard InChI is InChI=1S/C79H110O11Si3/c1-51(50-82-91(15,16)77(6,7)8)43-68-55(5)65-47-57(81)46-60-40-42-67-72(85-60)76(90-93(79(12,13)14,63-33-25-19-26-34-63)64-35-27-20-28-36-64)75-74(87-67)73(89-92(78(9,10)11,61-29-21-17-22-30-61)62-31-23-18-24-32-62)71(88-75)48-56(80)37-38-58-45-53(3)66(83-58)41-39-59-44-52(2)54(4)69(84-59)49-70(65)86-68/h17-38,51-52,55,58-60,65-76H,3-4,39-50H2,1-2,5-16H3/b38-37+/t51-,52+,55+,58?,59-,60+,65?,66?,67-,68+,69?,70-,71+,72-,73-,74-,75+,76-/m0/s1. The number of hydrogen-bond acceptors (Lipinski definition) is 11. The van der Waals surface area contributed by atoms with Gasteiger partial charge in [-0.05, 0) is 128 Å². The second-order valence-electron chi connectivity index (χ2n) is 32.5. The van der Waals surface area contributed by atoms with Crippen LogP contribution in [0.3, 0.4) is 0 Å². The van der Waals surface area contributed by atoms with Crippen molar-refractivity contribution in [2.45, 2.75) is 267 Å². The number of hydrogen-bond donors (Lipinski definition) is 0. The maximum Gasteiger partial charge on any atom is 0.261 e. The number of allylic oxidation sites excluding steroid dienone is 1. The van der Waals surface area contributed by atoms with Crippen LogP contribution < -0.4 is 20.7 Å². The van der Waals surface area contributed by atoms with Gasteiger partial charge >= 0.3 is 0 Å². The molecule has 6 fully saturated rings. The van der Waals surface area contributed by atoms with E-state index in [2.05, 4.69) is 231 Å². The summed E-state index contributed by atoms with van der Waals surface area (Å²) < 4.78 is 67.6. The van der Waals surface area contributed by atoms with Gasteiger partial charge in [-0.1, -0.05) is 224 Å². The number of ether oxygens (including phenoxy) is 6. The minimum atomic E-state index is -3.38. The molecule has 0 saturated carbocycles. The van der Waals surface area contributed by atoms with Crippen LogP contribution in [0.25, 0.3) is 0 Å². The van der Waals surface area contributed by atoms with E-state index < -0.39 is 83.9 Å². The molecule has 0 spiro atoms. The van der Waals surface area contributed by atoms with E-state index in [9.17, 15) is 0 Å². The third kappa shape index (κ3) is 14.7. The maximum absolute atomic E-state index is 15.4. The number of ketones is 2. The van der Waals surface area contributed by atoms with E-state index in [0.717, 1.165) is 57.6 Å². The zero-order chi connectivity index (χ0) is 66.4. The Balaban J connectivity index is 1.00. The lowest BCUT2D eigenvalue weighted by Crippen LogP contribution is -2.73. The van der Waals surface area contributed by atoms with Crippen LogP contribution in [0.4, 0.5) is 0 Å². The first-order chi connectivity index (χ1) is 44.1. The topological polar surface area (TPSA) is 117 Å². The molecule has 0 amide bonds. The molecule has 4 aromatic carbocycles. The smallest absolute Gasteiger partial charge is 0.261 e. The first-order valence-electron chi connectivity index (χ1n) is 35.3. The Kier molecular flexibility index (Phi) is 21.3. The van der Waals surface area contributed by atoms with Gasteiger partial charge in [0.2, 0.25) is 0 Å². The van der Waals surface area contributed by atoms with E-state index in [4.69, 9.17) is 41.7 Å². The molecule has 7 aliphatic rings. The molecule has 93 heavy (non-hydrogen) atoms. The highest BCUT2D eigenvalue weighted by Gasteiger charge is 2.65. The van der Waals surface area contributed by atoms with E-state index in [-0.39, 0.29) is 89.7 Å². The zero-order valence-corrected chi connectivity index (χ0v) is 61.5. The summed E-state index contributed by atoms with van der Waals surface area (Å²) in [6.07, 6.45) is 3.95. The van der Waals surface area contributed by atoms with Gasteiger partial charge in [0, 0.05) is 38.7 Å². The van der Waals surface area contributed by atoms with Gasteiger partial charge in [0.15, 0.2) is 14.1 Å². The fourth-order valence-corrected chi connectivity index (χ4v) is 27.1. The quantitative estimate of drug-likeness (QED) is 0.0941. The fraction of sp³-hybridized carbons (Fsp3) is 0.595. The van der Waals surface area contributed by atoms with Gasteiger partial charge in [-0.15, -0.1) is 0 Å². The molecule has 14 heteroatoms. The first kappa shape index (κ1) is 70.1. The van der Waals surface area contributed by atoms with Gasteiger partial charge in [-0.25, -0.2) is 0 Å². The Hall–Kier alpha value is -4.27. The van der Waals surface area contributed by atoms with Crippen molar-refractivity contribution in [1.82, 2.24) is 0 Å². The third-order valence-corrected chi connectivity index (χ3v) is 37.4. The molecular formula is C79H110O11Si3. The van der Waals surface area contributed by atoms with E-state index in [1.807, 2.05) is 6.08 Å². The molecule has 0 aromatic heterocycles. The molecule has 504 valence electrons. The molecule has 7 aliphatic heterocycles. The summed E-state index contributed by atoms with van der Waals surface area (Å²) in [6, 6.07) is 42.9. The van der Waals surface area contributed by atoms with Gasteiger partial charge in [0.05, 0.1) is 54.9 Å². The molecule has 0 aliphatic carbocycles. The summed E-state index contributed by atoms with van der Waals surface area (Å²) in [5.41, 5.74) is 2.12. The molecule has 0 radical (unpaired) electrons. The summed E-state index contributed by atoms with van der Waals surface area (Å²) in [7, 11) is -8.71.